The van der Waals surface area contributed by atoms with Gasteiger partial charge < -0.3 is 4.74 Å². The first-order chi connectivity index (χ1) is 4.35. The largest absolute Gasteiger partial charge is 0.381 e. The molecule has 0 heterocycles. The summed E-state index contributed by atoms with van der Waals surface area (Å²) in [7, 11) is 1.76. The molecular weight excluding hydrogens is 112 g/mol. The molecule has 0 aromatic rings. The molecule has 0 fully saturated rings. The molecule has 55 valence electrons. The highest BCUT2D eigenvalue weighted by atomic mass is 16.5. The first kappa shape index (κ1) is 8.96. The van der Waals surface area contributed by atoms with E-state index in [-0.39, 0.29) is 0 Å². The van der Waals surface area contributed by atoms with Crippen molar-refractivity contribution in [3.8, 4) is 0 Å². The van der Waals surface area contributed by atoms with Crippen LogP contribution in [-0.4, -0.2) is 13.2 Å². The van der Waals surface area contributed by atoms with E-state index >= 15 is 0 Å². The van der Waals surface area contributed by atoms with Crippen LogP contribution in [-0.2, 0) is 4.74 Å². The standard InChI is InChI=1S/C8H17O/c1-4-6-7-8(5-2)9-3/h5,8H,4,6-7H2,1-3H3. The van der Waals surface area contributed by atoms with Crippen molar-refractivity contribution in [1.82, 2.24) is 0 Å². The van der Waals surface area contributed by atoms with Crippen molar-refractivity contribution < 1.29 is 4.74 Å². The third-order valence-corrected chi connectivity index (χ3v) is 1.52. The monoisotopic (exact) mass is 129 g/mol. The summed E-state index contributed by atoms with van der Waals surface area (Å²) in [5.74, 6) is 0. The molecule has 0 rings (SSSR count). The van der Waals surface area contributed by atoms with Crippen molar-refractivity contribution in [3.05, 3.63) is 6.42 Å². The second-order valence-corrected chi connectivity index (χ2v) is 2.25. The third-order valence-electron chi connectivity index (χ3n) is 1.52. The predicted octanol–water partition coefficient (Wildman–Crippen LogP) is 2.42. The van der Waals surface area contributed by atoms with Gasteiger partial charge in [-0.15, -0.1) is 0 Å². The van der Waals surface area contributed by atoms with E-state index in [4.69, 9.17) is 4.74 Å². The molecule has 0 saturated heterocycles. The highest BCUT2D eigenvalue weighted by Crippen LogP contribution is 2.05. The zero-order chi connectivity index (χ0) is 7.11. The normalized spacial score (nSPS) is 13.7. The zero-order valence-electron chi connectivity index (χ0n) is 6.68. The van der Waals surface area contributed by atoms with Crippen molar-refractivity contribution in [1.29, 1.82) is 0 Å². The summed E-state index contributed by atoms with van der Waals surface area (Å²) in [5.41, 5.74) is 0. The Morgan fingerprint density at radius 3 is 2.56 bits per heavy atom. The minimum Gasteiger partial charge on any atom is -0.381 e. The van der Waals surface area contributed by atoms with Crippen LogP contribution in [0.4, 0.5) is 0 Å². The van der Waals surface area contributed by atoms with Crippen molar-refractivity contribution in [3.63, 3.8) is 0 Å². The molecule has 1 atom stereocenters. The van der Waals surface area contributed by atoms with Crippen molar-refractivity contribution in [2.75, 3.05) is 7.11 Å². The second-order valence-electron chi connectivity index (χ2n) is 2.25. The maximum Gasteiger partial charge on any atom is 0.0600 e. The lowest BCUT2D eigenvalue weighted by Crippen LogP contribution is -2.08. The minimum atomic E-state index is 0.380. The van der Waals surface area contributed by atoms with E-state index in [1.807, 2.05) is 6.92 Å². The summed E-state index contributed by atoms with van der Waals surface area (Å²) >= 11 is 0. The van der Waals surface area contributed by atoms with Gasteiger partial charge in [0.15, 0.2) is 0 Å². The summed E-state index contributed by atoms with van der Waals surface area (Å²) in [6.07, 6.45) is 6.18. The molecule has 0 N–H and O–H groups in total. The zero-order valence-corrected chi connectivity index (χ0v) is 6.68. The molecule has 0 aromatic heterocycles. The molecule has 0 aliphatic carbocycles. The Kier molecular flexibility index (Phi) is 6.06. The average molecular weight is 129 g/mol. The lowest BCUT2D eigenvalue weighted by molar-refractivity contribution is 0.119. The van der Waals surface area contributed by atoms with Gasteiger partial charge in [0.25, 0.3) is 0 Å². The first-order valence-corrected chi connectivity index (χ1v) is 3.67. The third kappa shape index (κ3) is 4.46. The lowest BCUT2D eigenvalue weighted by Gasteiger charge is -2.10. The molecule has 1 unspecified atom stereocenters. The molecule has 1 nitrogen and oxygen atoms in total. The number of unbranched alkanes of at least 4 members (excludes halogenated alkanes) is 1. The SMILES string of the molecule is C[CH]C(CCCC)OC. The van der Waals surface area contributed by atoms with Crippen LogP contribution in [0.3, 0.4) is 0 Å². The fourth-order valence-electron chi connectivity index (χ4n) is 0.826. The van der Waals surface area contributed by atoms with Crippen LogP contribution in [0.25, 0.3) is 0 Å². The number of ether oxygens (including phenoxy) is 1. The summed E-state index contributed by atoms with van der Waals surface area (Å²) in [6, 6.07) is 0. The molecule has 0 amide bonds. The Morgan fingerprint density at radius 1 is 1.56 bits per heavy atom. The van der Waals surface area contributed by atoms with Crippen LogP contribution in [0.15, 0.2) is 0 Å². The summed E-state index contributed by atoms with van der Waals surface area (Å²) < 4.78 is 5.15. The highest BCUT2D eigenvalue weighted by Gasteiger charge is 2.01. The predicted molar refractivity (Wildman–Crippen MR) is 40.3 cm³/mol. The van der Waals surface area contributed by atoms with E-state index in [0.29, 0.717) is 6.10 Å². The van der Waals surface area contributed by atoms with Crippen LogP contribution >= 0.6 is 0 Å². The molecule has 1 heteroatoms. The Balaban J connectivity index is 3.09. The van der Waals surface area contributed by atoms with Crippen LogP contribution in [0, 0.1) is 6.42 Å². The van der Waals surface area contributed by atoms with E-state index in [0.717, 1.165) is 0 Å². The molecule has 0 aliphatic rings. The molecule has 0 bridgehead atoms. The van der Waals surface area contributed by atoms with Crippen LogP contribution in [0.1, 0.15) is 33.1 Å². The highest BCUT2D eigenvalue weighted by molar-refractivity contribution is 4.70. The Hall–Kier alpha value is -0.0400. The van der Waals surface area contributed by atoms with Gasteiger partial charge in [0.05, 0.1) is 6.10 Å². The van der Waals surface area contributed by atoms with Gasteiger partial charge in [0.1, 0.15) is 0 Å². The lowest BCUT2D eigenvalue weighted by atomic mass is 10.1. The van der Waals surface area contributed by atoms with Gasteiger partial charge in [-0.2, -0.15) is 0 Å². The number of hydrogen-bond acceptors (Lipinski definition) is 1. The smallest absolute Gasteiger partial charge is 0.0600 e. The van der Waals surface area contributed by atoms with Gasteiger partial charge >= 0.3 is 0 Å². The molecule has 9 heavy (non-hydrogen) atoms. The first-order valence-electron chi connectivity index (χ1n) is 3.67. The van der Waals surface area contributed by atoms with E-state index in [9.17, 15) is 0 Å². The summed E-state index contributed by atoms with van der Waals surface area (Å²) in [6.45, 7) is 4.24. The van der Waals surface area contributed by atoms with E-state index in [1.165, 1.54) is 19.3 Å². The van der Waals surface area contributed by atoms with Crippen LogP contribution < -0.4 is 0 Å². The van der Waals surface area contributed by atoms with Crippen LogP contribution in [0.5, 0.6) is 0 Å². The Morgan fingerprint density at radius 2 is 2.22 bits per heavy atom. The molecule has 1 radical (unpaired) electrons. The minimum absolute atomic E-state index is 0.380. The van der Waals surface area contributed by atoms with Crippen LogP contribution in [0.2, 0.25) is 0 Å². The number of hydrogen-bond donors (Lipinski definition) is 0. The molecule has 0 saturated carbocycles. The summed E-state index contributed by atoms with van der Waals surface area (Å²) in [4.78, 5) is 0. The molecule has 0 aliphatic heterocycles. The van der Waals surface area contributed by atoms with Gasteiger partial charge in [0.2, 0.25) is 0 Å². The van der Waals surface area contributed by atoms with E-state index in [2.05, 4.69) is 13.3 Å². The van der Waals surface area contributed by atoms with Gasteiger partial charge in [-0.05, 0) is 12.8 Å². The average Bonchev–Trinajstić information content (AvgIpc) is 1.91. The van der Waals surface area contributed by atoms with Crippen molar-refractivity contribution in [2.24, 2.45) is 0 Å². The second kappa shape index (κ2) is 6.09. The fourth-order valence-corrected chi connectivity index (χ4v) is 0.826. The maximum absolute atomic E-state index is 5.15. The van der Waals surface area contributed by atoms with Gasteiger partial charge in [-0.3, -0.25) is 0 Å². The van der Waals surface area contributed by atoms with Gasteiger partial charge in [-0.25, -0.2) is 0 Å². The Labute approximate surface area is 58.4 Å². The van der Waals surface area contributed by atoms with Crippen molar-refractivity contribution >= 4 is 0 Å². The van der Waals surface area contributed by atoms with Gasteiger partial charge in [0, 0.05) is 7.11 Å². The Bertz CT molecular complexity index is 48.5. The van der Waals surface area contributed by atoms with E-state index < -0.39 is 0 Å². The molecular formula is C8H17O. The number of rotatable bonds is 5. The van der Waals surface area contributed by atoms with E-state index in [1.54, 1.807) is 7.11 Å². The van der Waals surface area contributed by atoms with Crippen molar-refractivity contribution in [2.45, 2.75) is 39.2 Å². The fraction of sp³-hybridized carbons (Fsp3) is 0.875. The van der Waals surface area contributed by atoms with Gasteiger partial charge in [-0.1, -0.05) is 26.7 Å². The molecule has 0 spiro atoms. The summed E-state index contributed by atoms with van der Waals surface area (Å²) in [5, 5.41) is 0. The number of methoxy groups -OCH3 is 1. The topological polar surface area (TPSA) is 9.23 Å². The quantitative estimate of drug-likeness (QED) is 0.554. The maximum atomic E-state index is 5.15. The molecule has 0 aromatic carbocycles.